The van der Waals surface area contributed by atoms with E-state index < -0.39 is 6.04 Å². The van der Waals surface area contributed by atoms with Gasteiger partial charge in [0.05, 0.1) is 18.8 Å². The maximum Gasteiger partial charge on any atom is 0.237 e. The van der Waals surface area contributed by atoms with Crippen molar-refractivity contribution in [1.82, 2.24) is 20.7 Å². The molecule has 0 spiro atoms. The zero-order valence-corrected chi connectivity index (χ0v) is 13.5. The van der Waals surface area contributed by atoms with Crippen molar-refractivity contribution in [2.45, 2.75) is 19.0 Å². The van der Waals surface area contributed by atoms with Crippen LogP contribution in [0.1, 0.15) is 11.3 Å². The normalized spacial score (nSPS) is 12.1. The first-order valence-electron chi connectivity index (χ1n) is 7.34. The number of carbonyl (C=O) groups is 1. The van der Waals surface area contributed by atoms with Crippen LogP contribution < -0.4 is 11.1 Å². The van der Waals surface area contributed by atoms with Crippen molar-refractivity contribution in [3.63, 3.8) is 0 Å². The summed E-state index contributed by atoms with van der Waals surface area (Å²) in [5.74, 6) is 0.353. The maximum absolute atomic E-state index is 12.0. The average Bonchev–Trinajstić information content (AvgIpc) is 3.25. The van der Waals surface area contributed by atoms with Gasteiger partial charge in [-0.05, 0) is 36.2 Å². The molecule has 1 atom stereocenters. The summed E-state index contributed by atoms with van der Waals surface area (Å²) in [4.78, 5) is 12.0. The van der Waals surface area contributed by atoms with Crippen molar-refractivity contribution in [3.05, 3.63) is 59.0 Å². The van der Waals surface area contributed by atoms with Crippen LogP contribution >= 0.6 is 11.6 Å². The molecule has 7 nitrogen and oxygen atoms in total. The Hall–Kier alpha value is -2.64. The minimum Gasteiger partial charge on any atom is -0.356 e. The van der Waals surface area contributed by atoms with Crippen LogP contribution in [0.25, 0.3) is 11.3 Å². The van der Waals surface area contributed by atoms with E-state index in [2.05, 4.69) is 20.7 Å². The van der Waals surface area contributed by atoms with E-state index in [0.717, 1.165) is 11.1 Å². The summed E-state index contributed by atoms with van der Waals surface area (Å²) < 4.78 is 5.28. The predicted molar refractivity (Wildman–Crippen MR) is 89.1 cm³/mol. The van der Waals surface area contributed by atoms with E-state index in [1.807, 2.05) is 12.1 Å². The monoisotopic (exact) mass is 345 g/mol. The fraction of sp³-hybridized carbons (Fsp3) is 0.188. The van der Waals surface area contributed by atoms with E-state index in [4.69, 9.17) is 21.9 Å². The lowest BCUT2D eigenvalue weighted by Gasteiger charge is -2.09. The SMILES string of the molecule is NC(Cc1cn[nH]c1)C(=O)NCc1cc(-c2ccc(Cl)cc2)on1. The van der Waals surface area contributed by atoms with Crippen LogP contribution in [0.5, 0.6) is 0 Å². The van der Waals surface area contributed by atoms with Crippen molar-refractivity contribution in [2.24, 2.45) is 5.73 Å². The Morgan fingerprint density at radius 3 is 2.88 bits per heavy atom. The third-order valence-electron chi connectivity index (χ3n) is 3.48. The minimum absolute atomic E-state index is 0.245. The molecule has 3 rings (SSSR count). The second-order valence-corrected chi connectivity index (χ2v) is 5.76. The molecule has 2 heterocycles. The molecule has 124 valence electrons. The molecule has 0 saturated carbocycles. The molecule has 0 aliphatic carbocycles. The lowest BCUT2D eigenvalue weighted by atomic mass is 10.1. The number of nitrogens with two attached hydrogens (primary N) is 1. The number of rotatable bonds is 6. The van der Waals surface area contributed by atoms with Gasteiger partial charge < -0.3 is 15.6 Å². The summed E-state index contributed by atoms with van der Waals surface area (Å²) in [6, 6.07) is 8.35. The Morgan fingerprint density at radius 1 is 1.38 bits per heavy atom. The molecule has 1 unspecified atom stereocenters. The lowest BCUT2D eigenvalue weighted by molar-refractivity contribution is -0.122. The molecule has 4 N–H and O–H groups in total. The number of aromatic nitrogens is 3. The van der Waals surface area contributed by atoms with Crippen molar-refractivity contribution >= 4 is 17.5 Å². The highest BCUT2D eigenvalue weighted by Gasteiger charge is 2.15. The van der Waals surface area contributed by atoms with Gasteiger partial charge in [-0.15, -0.1) is 0 Å². The zero-order valence-electron chi connectivity index (χ0n) is 12.7. The molecule has 0 fully saturated rings. The number of halogens is 1. The Morgan fingerprint density at radius 2 is 2.17 bits per heavy atom. The van der Waals surface area contributed by atoms with Gasteiger partial charge in [0.25, 0.3) is 0 Å². The first-order chi connectivity index (χ1) is 11.6. The highest BCUT2D eigenvalue weighted by molar-refractivity contribution is 6.30. The fourth-order valence-corrected chi connectivity index (χ4v) is 2.32. The van der Waals surface area contributed by atoms with E-state index in [-0.39, 0.29) is 12.5 Å². The number of hydrogen-bond donors (Lipinski definition) is 3. The quantitative estimate of drug-likeness (QED) is 0.632. The summed E-state index contributed by atoms with van der Waals surface area (Å²) >= 11 is 5.86. The third kappa shape index (κ3) is 4.01. The van der Waals surface area contributed by atoms with Gasteiger partial charge in [0.1, 0.15) is 5.69 Å². The largest absolute Gasteiger partial charge is 0.356 e. The van der Waals surface area contributed by atoms with E-state index in [0.29, 0.717) is 22.9 Å². The van der Waals surface area contributed by atoms with E-state index in [9.17, 15) is 4.79 Å². The van der Waals surface area contributed by atoms with E-state index >= 15 is 0 Å². The summed E-state index contributed by atoms with van der Waals surface area (Å²) in [6.07, 6.45) is 3.77. The van der Waals surface area contributed by atoms with Gasteiger partial charge in [0.2, 0.25) is 5.91 Å². The smallest absolute Gasteiger partial charge is 0.237 e. The number of nitrogens with zero attached hydrogens (tertiary/aromatic N) is 2. The number of H-pyrrole nitrogens is 1. The molecule has 1 aromatic carbocycles. The van der Waals surface area contributed by atoms with Crippen molar-refractivity contribution in [2.75, 3.05) is 0 Å². The molecule has 1 amide bonds. The van der Waals surface area contributed by atoms with E-state index in [1.165, 1.54) is 0 Å². The van der Waals surface area contributed by atoms with E-state index in [1.54, 1.807) is 30.6 Å². The number of aromatic amines is 1. The van der Waals surface area contributed by atoms with Crippen molar-refractivity contribution < 1.29 is 9.32 Å². The fourth-order valence-electron chi connectivity index (χ4n) is 2.19. The maximum atomic E-state index is 12.0. The van der Waals surface area contributed by atoms with Crippen LogP contribution in [0.2, 0.25) is 5.02 Å². The first kappa shape index (κ1) is 16.2. The molecule has 0 saturated heterocycles. The van der Waals surface area contributed by atoms with Crippen molar-refractivity contribution in [1.29, 1.82) is 0 Å². The third-order valence-corrected chi connectivity index (χ3v) is 3.73. The molecule has 8 heteroatoms. The number of nitrogens with one attached hydrogen (secondary N) is 2. The first-order valence-corrected chi connectivity index (χ1v) is 7.72. The molecule has 0 radical (unpaired) electrons. The lowest BCUT2D eigenvalue weighted by Crippen LogP contribution is -2.41. The molecule has 0 aliphatic heterocycles. The van der Waals surface area contributed by atoms with Crippen LogP contribution in [-0.2, 0) is 17.8 Å². The summed E-state index contributed by atoms with van der Waals surface area (Å²) in [7, 11) is 0. The van der Waals surface area contributed by atoms with Crippen LogP contribution in [0, 0.1) is 0 Å². The van der Waals surface area contributed by atoms with Crippen LogP contribution in [0.3, 0.4) is 0 Å². The van der Waals surface area contributed by atoms with Crippen LogP contribution in [0.15, 0.2) is 47.2 Å². The molecule has 0 aliphatic rings. The zero-order chi connectivity index (χ0) is 16.9. The molecule has 24 heavy (non-hydrogen) atoms. The molecular formula is C16H16ClN5O2. The molecule has 0 bridgehead atoms. The number of hydrogen-bond acceptors (Lipinski definition) is 5. The van der Waals surface area contributed by atoms with Crippen molar-refractivity contribution in [3.8, 4) is 11.3 Å². The van der Waals surface area contributed by atoms with Gasteiger partial charge in [0, 0.05) is 22.8 Å². The van der Waals surface area contributed by atoms with Gasteiger partial charge in [0.15, 0.2) is 5.76 Å². The molecule has 3 aromatic rings. The van der Waals surface area contributed by atoms with Gasteiger partial charge >= 0.3 is 0 Å². The average molecular weight is 346 g/mol. The molecular weight excluding hydrogens is 330 g/mol. The van der Waals surface area contributed by atoms with Gasteiger partial charge in [-0.25, -0.2) is 0 Å². The topological polar surface area (TPSA) is 110 Å². The standard InChI is InChI=1S/C16H16ClN5O2/c17-12-3-1-11(2-4-12)15-6-13(22-24-15)9-19-16(23)14(18)5-10-7-20-21-8-10/h1-4,6-8,14H,5,9,18H2,(H,19,23)(H,20,21). The predicted octanol–water partition coefficient (Wildman–Crippen LogP) is 1.90. The Kier molecular flexibility index (Phi) is 4.93. The Labute approximate surface area is 143 Å². The minimum atomic E-state index is -0.648. The Bertz CT molecular complexity index is 798. The number of benzene rings is 1. The highest BCUT2D eigenvalue weighted by Crippen LogP contribution is 2.22. The molecule has 2 aromatic heterocycles. The summed E-state index contributed by atoms with van der Waals surface area (Å²) in [5.41, 5.74) is 8.23. The number of amides is 1. The van der Waals surface area contributed by atoms with Gasteiger partial charge in [-0.3, -0.25) is 9.89 Å². The highest BCUT2D eigenvalue weighted by atomic mass is 35.5. The van der Waals surface area contributed by atoms with Crippen LogP contribution in [0.4, 0.5) is 0 Å². The van der Waals surface area contributed by atoms with Crippen LogP contribution in [-0.4, -0.2) is 27.3 Å². The van der Waals surface area contributed by atoms with Gasteiger partial charge in [-0.1, -0.05) is 16.8 Å². The second-order valence-electron chi connectivity index (χ2n) is 5.32. The Balaban J connectivity index is 1.55. The summed E-state index contributed by atoms with van der Waals surface area (Å²) in [6.45, 7) is 0.245. The second kappa shape index (κ2) is 7.29. The van der Waals surface area contributed by atoms with Gasteiger partial charge in [-0.2, -0.15) is 5.10 Å². The summed E-state index contributed by atoms with van der Waals surface area (Å²) in [5, 5.41) is 13.8. The number of carbonyl (C=O) groups excluding carboxylic acids is 1.